The van der Waals surface area contributed by atoms with Crippen LogP contribution in [0.15, 0.2) is 64.8 Å². The molecule has 0 aliphatic carbocycles. The van der Waals surface area contributed by atoms with Gasteiger partial charge in [0.2, 0.25) is 0 Å². The van der Waals surface area contributed by atoms with Crippen LogP contribution in [0.5, 0.6) is 0 Å². The van der Waals surface area contributed by atoms with E-state index in [1.165, 1.54) is 0 Å². The van der Waals surface area contributed by atoms with Gasteiger partial charge < -0.3 is 5.11 Å². The van der Waals surface area contributed by atoms with Crippen molar-refractivity contribution in [2.75, 3.05) is 0 Å². The molecule has 0 saturated heterocycles. The van der Waals surface area contributed by atoms with Crippen molar-refractivity contribution in [2.24, 2.45) is 0 Å². The fourth-order valence-corrected chi connectivity index (χ4v) is 3.18. The van der Waals surface area contributed by atoms with E-state index in [0.717, 1.165) is 26.4 Å². The van der Waals surface area contributed by atoms with Gasteiger partial charge in [0.05, 0.1) is 11.6 Å². The van der Waals surface area contributed by atoms with Gasteiger partial charge in [0, 0.05) is 10.3 Å². The molecular weight excluding hydrogens is 268 g/mol. The predicted octanol–water partition coefficient (Wildman–Crippen LogP) is 3.83. The van der Waals surface area contributed by atoms with Crippen molar-refractivity contribution < 1.29 is 5.11 Å². The zero-order valence-corrected chi connectivity index (χ0v) is 11.8. The van der Waals surface area contributed by atoms with Gasteiger partial charge >= 0.3 is 0 Å². The zero-order valence-electron chi connectivity index (χ0n) is 11.0. The molecule has 1 N–H and O–H groups in total. The molecule has 0 saturated carbocycles. The van der Waals surface area contributed by atoms with E-state index in [-0.39, 0.29) is 0 Å². The highest BCUT2D eigenvalue weighted by Gasteiger charge is 2.11. The van der Waals surface area contributed by atoms with Gasteiger partial charge in [-0.05, 0) is 24.6 Å². The Hall–Kier alpha value is -1.91. The Morgan fingerprint density at radius 1 is 1.00 bits per heavy atom. The minimum atomic E-state index is -0.494. The van der Waals surface area contributed by atoms with E-state index < -0.39 is 6.10 Å². The lowest BCUT2D eigenvalue weighted by molar-refractivity contribution is 0.196. The summed E-state index contributed by atoms with van der Waals surface area (Å²) in [7, 11) is 0. The first-order valence-electron chi connectivity index (χ1n) is 6.40. The molecule has 0 bridgehead atoms. The maximum absolute atomic E-state index is 9.85. The molecule has 3 rings (SSSR count). The van der Waals surface area contributed by atoms with Crippen LogP contribution < -0.4 is 0 Å². The average molecular weight is 282 g/mol. The lowest BCUT2D eigenvalue weighted by Crippen LogP contribution is -1.94. The summed E-state index contributed by atoms with van der Waals surface area (Å²) in [6.45, 7) is 1.78. The van der Waals surface area contributed by atoms with Gasteiger partial charge in [-0.2, -0.15) is 0 Å². The molecule has 0 amide bonds. The van der Waals surface area contributed by atoms with Crippen molar-refractivity contribution in [3.63, 3.8) is 0 Å². The minimum Gasteiger partial charge on any atom is -0.389 e. The summed E-state index contributed by atoms with van der Waals surface area (Å²) in [5.41, 5.74) is 1.85. The number of hydrogen-bond acceptors (Lipinski definition) is 4. The number of fused-ring (bicyclic) bond motifs is 1. The van der Waals surface area contributed by atoms with E-state index in [1.807, 2.05) is 48.5 Å². The third kappa shape index (κ3) is 2.53. The Morgan fingerprint density at radius 2 is 1.75 bits per heavy atom. The van der Waals surface area contributed by atoms with Crippen LogP contribution in [0.1, 0.15) is 18.6 Å². The van der Waals surface area contributed by atoms with Crippen molar-refractivity contribution in [1.82, 2.24) is 9.97 Å². The van der Waals surface area contributed by atoms with Crippen LogP contribution in [-0.2, 0) is 0 Å². The van der Waals surface area contributed by atoms with E-state index in [9.17, 15) is 5.11 Å². The van der Waals surface area contributed by atoms with Crippen LogP contribution in [0.2, 0.25) is 0 Å². The topological polar surface area (TPSA) is 46.0 Å². The van der Waals surface area contributed by atoms with E-state index in [0.29, 0.717) is 0 Å². The molecule has 2 aromatic carbocycles. The van der Waals surface area contributed by atoms with Crippen molar-refractivity contribution >= 4 is 22.7 Å². The molecule has 0 spiro atoms. The van der Waals surface area contributed by atoms with Crippen LogP contribution in [0, 0.1) is 0 Å². The Bertz CT molecular complexity index is 738. The van der Waals surface area contributed by atoms with Crippen molar-refractivity contribution in [3.05, 3.63) is 60.4 Å². The smallest absolute Gasteiger partial charge is 0.117 e. The summed E-state index contributed by atoms with van der Waals surface area (Å²) >= 11 is 1.56. The van der Waals surface area contributed by atoms with E-state index in [4.69, 9.17) is 0 Å². The standard InChI is InChI=1S/C16H14N2OS/c1-11(19)12-6-3-5-9-15(12)20-16-13-7-2-4-8-14(13)17-10-18-16/h2-11,19H,1H3/t11-/m1/s1. The molecule has 1 aromatic heterocycles. The summed E-state index contributed by atoms with van der Waals surface area (Å²) in [4.78, 5) is 9.66. The van der Waals surface area contributed by atoms with E-state index >= 15 is 0 Å². The first-order chi connectivity index (χ1) is 9.75. The molecule has 0 unspecified atom stereocenters. The molecule has 4 heteroatoms. The van der Waals surface area contributed by atoms with Crippen LogP contribution in [-0.4, -0.2) is 15.1 Å². The molecule has 0 fully saturated rings. The number of aliphatic hydroxyl groups excluding tert-OH is 1. The van der Waals surface area contributed by atoms with Crippen molar-refractivity contribution in [1.29, 1.82) is 0 Å². The SMILES string of the molecule is C[C@@H](O)c1ccccc1Sc1ncnc2ccccc12. The highest BCUT2D eigenvalue weighted by molar-refractivity contribution is 7.99. The maximum Gasteiger partial charge on any atom is 0.117 e. The van der Waals surface area contributed by atoms with Crippen molar-refractivity contribution in [3.8, 4) is 0 Å². The number of para-hydroxylation sites is 1. The quantitative estimate of drug-likeness (QED) is 0.741. The van der Waals surface area contributed by atoms with Gasteiger partial charge in [-0.3, -0.25) is 0 Å². The van der Waals surface area contributed by atoms with Gasteiger partial charge in [-0.1, -0.05) is 48.2 Å². The lowest BCUT2D eigenvalue weighted by Gasteiger charge is -2.11. The number of benzene rings is 2. The zero-order chi connectivity index (χ0) is 13.9. The Labute approximate surface area is 121 Å². The average Bonchev–Trinajstić information content (AvgIpc) is 2.48. The number of aliphatic hydroxyl groups is 1. The minimum absolute atomic E-state index is 0.494. The first-order valence-corrected chi connectivity index (χ1v) is 7.22. The molecular formula is C16H14N2OS. The molecule has 1 atom stereocenters. The van der Waals surface area contributed by atoms with Crippen LogP contribution in [0.25, 0.3) is 10.9 Å². The monoisotopic (exact) mass is 282 g/mol. The van der Waals surface area contributed by atoms with Gasteiger partial charge in [0.15, 0.2) is 0 Å². The highest BCUT2D eigenvalue weighted by atomic mass is 32.2. The molecule has 0 radical (unpaired) electrons. The molecule has 100 valence electrons. The largest absolute Gasteiger partial charge is 0.389 e. The second kappa shape index (κ2) is 5.61. The summed E-state index contributed by atoms with van der Waals surface area (Å²) < 4.78 is 0. The molecule has 3 nitrogen and oxygen atoms in total. The number of nitrogens with zero attached hydrogens (tertiary/aromatic N) is 2. The van der Waals surface area contributed by atoms with Gasteiger partial charge in [-0.15, -0.1) is 0 Å². The molecule has 1 heterocycles. The third-order valence-electron chi connectivity index (χ3n) is 3.08. The number of rotatable bonds is 3. The maximum atomic E-state index is 9.85. The number of hydrogen-bond donors (Lipinski definition) is 1. The molecule has 20 heavy (non-hydrogen) atoms. The lowest BCUT2D eigenvalue weighted by atomic mass is 10.1. The number of aromatic nitrogens is 2. The van der Waals surface area contributed by atoms with Crippen LogP contribution in [0.4, 0.5) is 0 Å². The van der Waals surface area contributed by atoms with E-state index in [2.05, 4.69) is 9.97 Å². The third-order valence-corrected chi connectivity index (χ3v) is 4.19. The highest BCUT2D eigenvalue weighted by Crippen LogP contribution is 2.35. The summed E-state index contributed by atoms with van der Waals surface area (Å²) in [5, 5.41) is 11.8. The summed E-state index contributed by atoms with van der Waals surface area (Å²) in [6.07, 6.45) is 1.09. The normalized spacial score (nSPS) is 12.5. The summed E-state index contributed by atoms with van der Waals surface area (Å²) in [5.74, 6) is 0. The molecule has 3 aromatic rings. The Kier molecular flexibility index (Phi) is 3.67. The van der Waals surface area contributed by atoms with Gasteiger partial charge in [0.25, 0.3) is 0 Å². The first kappa shape index (κ1) is 13.1. The molecule has 0 aliphatic rings. The van der Waals surface area contributed by atoms with Crippen LogP contribution in [0.3, 0.4) is 0 Å². The van der Waals surface area contributed by atoms with E-state index in [1.54, 1.807) is 25.0 Å². The predicted molar refractivity (Wildman–Crippen MR) is 80.7 cm³/mol. The Balaban J connectivity index is 2.06. The second-order valence-electron chi connectivity index (χ2n) is 4.51. The fourth-order valence-electron chi connectivity index (χ4n) is 2.08. The van der Waals surface area contributed by atoms with Crippen LogP contribution >= 0.6 is 11.8 Å². The van der Waals surface area contributed by atoms with Gasteiger partial charge in [-0.25, -0.2) is 9.97 Å². The van der Waals surface area contributed by atoms with Crippen molar-refractivity contribution in [2.45, 2.75) is 22.9 Å². The second-order valence-corrected chi connectivity index (χ2v) is 5.54. The molecule has 0 aliphatic heterocycles. The Morgan fingerprint density at radius 3 is 2.60 bits per heavy atom. The fraction of sp³-hybridized carbons (Fsp3) is 0.125. The van der Waals surface area contributed by atoms with Gasteiger partial charge in [0.1, 0.15) is 11.4 Å². The summed E-state index contributed by atoms with van der Waals surface area (Å²) in [6, 6.07) is 15.8.